The average molecular weight is 394 g/mol. The molecule has 0 aromatic heterocycles. The van der Waals surface area contributed by atoms with Crippen molar-refractivity contribution in [3.63, 3.8) is 0 Å². The largest absolute Gasteiger partial charge is 0.376 e. The van der Waals surface area contributed by atoms with Gasteiger partial charge in [-0.1, -0.05) is 38.0 Å². The van der Waals surface area contributed by atoms with E-state index in [1.807, 2.05) is 54.3 Å². The Morgan fingerprint density at radius 3 is 2.31 bits per heavy atom. The zero-order valence-electron chi connectivity index (χ0n) is 17.5. The first kappa shape index (κ1) is 20.9. The number of nitrogens with zero attached hydrogens (tertiary/aromatic N) is 1. The Morgan fingerprint density at radius 2 is 1.66 bits per heavy atom. The standard InChI is InChI=1S/C24H31N3O2/c1-3-19-10-8-9-18(2)23(19)26-22(28)17-25-21-13-11-20(12-14-21)24(29)27-15-6-4-5-7-16-27/h8-14,25H,3-7,15-17H2,1-2H3,(H,26,28). The number of nitrogens with one attached hydrogen (secondary N) is 2. The molecular weight excluding hydrogens is 362 g/mol. The van der Waals surface area contributed by atoms with Gasteiger partial charge in [0, 0.05) is 30.0 Å². The van der Waals surface area contributed by atoms with E-state index in [1.165, 1.54) is 12.8 Å². The maximum atomic E-state index is 12.7. The van der Waals surface area contributed by atoms with E-state index in [0.29, 0.717) is 5.56 Å². The van der Waals surface area contributed by atoms with Gasteiger partial charge in [0.25, 0.3) is 5.91 Å². The van der Waals surface area contributed by atoms with Gasteiger partial charge >= 0.3 is 0 Å². The summed E-state index contributed by atoms with van der Waals surface area (Å²) < 4.78 is 0. The molecule has 1 saturated heterocycles. The number of aryl methyl sites for hydroxylation is 2. The number of amides is 2. The highest BCUT2D eigenvalue weighted by atomic mass is 16.2. The quantitative estimate of drug-likeness (QED) is 0.752. The monoisotopic (exact) mass is 393 g/mol. The number of hydrogen-bond acceptors (Lipinski definition) is 3. The van der Waals surface area contributed by atoms with Crippen LogP contribution in [0.2, 0.25) is 0 Å². The lowest BCUT2D eigenvalue weighted by Gasteiger charge is -2.20. The SMILES string of the molecule is CCc1cccc(C)c1NC(=O)CNc1ccc(C(=O)N2CCCCCC2)cc1. The lowest BCUT2D eigenvalue weighted by molar-refractivity contribution is -0.114. The Balaban J connectivity index is 1.55. The van der Waals surface area contributed by atoms with Crippen molar-refractivity contribution >= 4 is 23.2 Å². The topological polar surface area (TPSA) is 61.4 Å². The lowest BCUT2D eigenvalue weighted by atomic mass is 10.1. The zero-order valence-corrected chi connectivity index (χ0v) is 17.5. The number of carbonyl (C=O) groups is 2. The summed E-state index contributed by atoms with van der Waals surface area (Å²) in [6.07, 6.45) is 5.45. The van der Waals surface area contributed by atoms with Crippen molar-refractivity contribution in [3.8, 4) is 0 Å². The maximum absolute atomic E-state index is 12.7. The molecule has 1 fully saturated rings. The molecule has 2 aromatic carbocycles. The van der Waals surface area contributed by atoms with Crippen molar-refractivity contribution in [2.45, 2.75) is 46.0 Å². The Bertz CT molecular complexity index is 838. The van der Waals surface area contributed by atoms with Crippen molar-refractivity contribution in [2.75, 3.05) is 30.3 Å². The van der Waals surface area contributed by atoms with Crippen molar-refractivity contribution in [2.24, 2.45) is 0 Å². The van der Waals surface area contributed by atoms with E-state index in [0.717, 1.165) is 54.9 Å². The molecule has 2 amide bonds. The van der Waals surface area contributed by atoms with Crippen LogP contribution in [0.5, 0.6) is 0 Å². The third kappa shape index (κ3) is 5.59. The van der Waals surface area contributed by atoms with Gasteiger partial charge in [0.2, 0.25) is 5.91 Å². The molecule has 0 unspecified atom stereocenters. The number of benzene rings is 2. The summed E-state index contributed by atoms with van der Waals surface area (Å²) in [5.41, 5.74) is 4.63. The van der Waals surface area contributed by atoms with Crippen LogP contribution in [0.25, 0.3) is 0 Å². The molecule has 5 nitrogen and oxygen atoms in total. The van der Waals surface area contributed by atoms with Gasteiger partial charge in [-0.15, -0.1) is 0 Å². The molecule has 154 valence electrons. The minimum atomic E-state index is -0.0845. The fourth-order valence-corrected chi connectivity index (χ4v) is 3.75. The van der Waals surface area contributed by atoms with E-state index in [4.69, 9.17) is 0 Å². The minimum absolute atomic E-state index is 0.0845. The zero-order chi connectivity index (χ0) is 20.6. The molecule has 5 heteroatoms. The van der Waals surface area contributed by atoms with E-state index in [9.17, 15) is 9.59 Å². The van der Waals surface area contributed by atoms with Crippen molar-refractivity contribution < 1.29 is 9.59 Å². The molecule has 0 aliphatic carbocycles. The fraction of sp³-hybridized carbons (Fsp3) is 0.417. The van der Waals surface area contributed by atoms with Gasteiger partial charge < -0.3 is 15.5 Å². The molecule has 2 aromatic rings. The van der Waals surface area contributed by atoms with Gasteiger partial charge in [-0.25, -0.2) is 0 Å². The molecule has 0 saturated carbocycles. The van der Waals surface area contributed by atoms with Crippen LogP contribution in [0.1, 0.15) is 54.1 Å². The minimum Gasteiger partial charge on any atom is -0.376 e. The molecule has 1 heterocycles. The van der Waals surface area contributed by atoms with E-state index < -0.39 is 0 Å². The molecule has 0 atom stereocenters. The van der Waals surface area contributed by atoms with Crippen LogP contribution in [-0.2, 0) is 11.2 Å². The maximum Gasteiger partial charge on any atom is 0.253 e. The molecule has 2 N–H and O–H groups in total. The number of carbonyl (C=O) groups excluding carboxylic acids is 2. The fourth-order valence-electron chi connectivity index (χ4n) is 3.75. The summed E-state index contributed by atoms with van der Waals surface area (Å²) >= 11 is 0. The van der Waals surface area contributed by atoms with E-state index in [-0.39, 0.29) is 18.4 Å². The second-order valence-electron chi connectivity index (χ2n) is 7.65. The van der Waals surface area contributed by atoms with Gasteiger partial charge in [0.15, 0.2) is 0 Å². The Morgan fingerprint density at radius 1 is 0.966 bits per heavy atom. The number of likely N-dealkylation sites (tertiary alicyclic amines) is 1. The molecule has 0 spiro atoms. The highest BCUT2D eigenvalue weighted by molar-refractivity contribution is 5.96. The van der Waals surface area contributed by atoms with Crippen LogP contribution in [0.15, 0.2) is 42.5 Å². The number of rotatable bonds is 6. The number of para-hydroxylation sites is 1. The van der Waals surface area contributed by atoms with E-state index >= 15 is 0 Å². The first-order chi connectivity index (χ1) is 14.1. The number of hydrogen-bond donors (Lipinski definition) is 2. The third-order valence-corrected chi connectivity index (χ3v) is 5.48. The molecule has 0 bridgehead atoms. The van der Waals surface area contributed by atoms with E-state index in [2.05, 4.69) is 17.6 Å². The average Bonchev–Trinajstić information content (AvgIpc) is 3.03. The van der Waals surface area contributed by atoms with Crippen molar-refractivity contribution in [1.29, 1.82) is 0 Å². The number of anilines is 2. The summed E-state index contributed by atoms with van der Waals surface area (Å²) in [5.74, 6) is 0.0153. The van der Waals surface area contributed by atoms with Crippen molar-refractivity contribution in [3.05, 3.63) is 59.2 Å². The third-order valence-electron chi connectivity index (χ3n) is 5.48. The van der Waals surface area contributed by atoms with E-state index in [1.54, 1.807) is 0 Å². The van der Waals surface area contributed by atoms with Gasteiger partial charge in [-0.2, -0.15) is 0 Å². The highest BCUT2D eigenvalue weighted by Gasteiger charge is 2.17. The second-order valence-corrected chi connectivity index (χ2v) is 7.65. The van der Waals surface area contributed by atoms with Gasteiger partial charge in [0.05, 0.1) is 6.54 Å². The van der Waals surface area contributed by atoms with Crippen LogP contribution < -0.4 is 10.6 Å². The first-order valence-electron chi connectivity index (χ1n) is 10.6. The lowest BCUT2D eigenvalue weighted by Crippen LogP contribution is -2.31. The Labute approximate surface area is 173 Å². The molecule has 1 aliphatic rings. The summed E-state index contributed by atoms with van der Waals surface area (Å²) in [7, 11) is 0. The van der Waals surface area contributed by atoms with Crippen LogP contribution >= 0.6 is 0 Å². The molecule has 3 rings (SSSR count). The van der Waals surface area contributed by atoms with Gasteiger partial charge in [0.1, 0.15) is 0 Å². The summed E-state index contributed by atoms with van der Waals surface area (Å²) in [6, 6.07) is 13.5. The second kappa shape index (κ2) is 10.1. The predicted octanol–water partition coefficient (Wildman–Crippen LogP) is 4.62. The summed E-state index contributed by atoms with van der Waals surface area (Å²) in [6.45, 7) is 5.95. The Kier molecular flexibility index (Phi) is 7.28. The highest BCUT2D eigenvalue weighted by Crippen LogP contribution is 2.21. The molecular formula is C24H31N3O2. The first-order valence-corrected chi connectivity index (χ1v) is 10.6. The molecule has 29 heavy (non-hydrogen) atoms. The summed E-state index contributed by atoms with van der Waals surface area (Å²) in [4.78, 5) is 27.0. The van der Waals surface area contributed by atoms with Gasteiger partial charge in [-0.3, -0.25) is 9.59 Å². The van der Waals surface area contributed by atoms with Crippen LogP contribution in [0, 0.1) is 6.92 Å². The smallest absolute Gasteiger partial charge is 0.253 e. The molecule has 0 radical (unpaired) electrons. The normalized spacial score (nSPS) is 14.2. The molecule has 1 aliphatic heterocycles. The van der Waals surface area contributed by atoms with Gasteiger partial charge in [-0.05, 0) is 61.6 Å². The predicted molar refractivity (Wildman–Crippen MR) is 118 cm³/mol. The van der Waals surface area contributed by atoms with Crippen LogP contribution in [0.4, 0.5) is 11.4 Å². The van der Waals surface area contributed by atoms with Crippen LogP contribution in [-0.4, -0.2) is 36.3 Å². The Hall–Kier alpha value is -2.82. The van der Waals surface area contributed by atoms with Crippen LogP contribution in [0.3, 0.4) is 0 Å². The van der Waals surface area contributed by atoms with Crippen molar-refractivity contribution in [1.82, 2.24) is 4.90 Å². The summed E-state index contributed by atoms with van der Waals surface area (Å²) in [5, 5.41) is 6.16.